The molecule has 0 radical (unpaired) electrons. The zero-order chi connectivity index (χ0) is 61.8. The molecule has 0 aliphatic carbocycles. The Bertz CT molecular complexity index is 6190. The fourth-order valence-corrected chi connectivity index (χ4v) is 13.8. The van der Waals surface area contributed by atoms with Gasteiger partial charge in [-0.15, -0.1) is 0 Å². The van der Waals surface area contributed by atoms with Crippen molar-refractivity contribution in [1.29, 1.82) is 0 Å². The summed E-state index contributed by atoms with van der Waals surface area (Å²) in [5.74, 6) is 3.25. The average Bonchev–Trinajstić information content (AvgIpc) is 1.59. The van der Waals surface area contributed by atoms with E-state index in [9.17, 15) is 0 Å². The van der Waals surface area contributed by atoms with Gasteiger partial charge in [0.15, 0.2) is 46.1 Å². The fourth-order valence-electron chi connectivity index (χ4n) is 13.8. The van der Waals surface area contributed by atoms with E-state index in [1.807, 2.05) is 60.7 Å². The highest BCUT2D eigenvalue weighted by Crippen LogP contribution is 2.43. The standard InChI is InChI=1S/C84H50N8O2/c1-4-20-51(21-5-1)56-40-43-64-63-32-12-15-37-71(63)92(74(64)48-56)73-39-19-34-68-66-45-42-60(50-76(66)94-78(68)73)84-88-80(53-24-8-3-9-25-53)86-82(90-84)58-29-17-27-55(47-58)54-26-16-28-57(46-54)81-85-79(52-22-6-2-7-23-52)87-83(89-81)59-41-44-65-67-33-18-38-72(77(67)93-75(65)49-59)91-69-35-13-10-30-61(69)62-31-11-14-36-70(62)91/h1-50H. The summed E-state index contributed by atoms with van der Waals surface area (Å²) < 4.78 is 18.6. The van der Waals surface area contributed by atoms with Crippen LogP contribution >= 0.6 is 0 Å². The molecular weight excluding hydrogens is 1150 g/mol. The Morgan fingerprint density at radius 2 is 0.489 bits per heavy atom. The van der Waals surface area contributed by atoms with E-state index in [0.29, 0.717) is 34.9 Å². The van der Waals surface area contributed by atoms with Gasteiger partial charge in [-0.3, -0.25) is 0 Å². The lowest BCUT2D eigenvalue weighted by Gasteiger charge is -2.11. The van der Waals surface area contributed by atoms with Crippen LogP contribution in [0.15, 0.2) is 312 Å². The number of benzene rings is 13. The lowest BCUT2D eigenvalue weighted by molar-refractivity contribution is 0.666. The molecule has 0 N–H and O–H groups in total. The molecule has 10 heteroatoms. The van der Waals surface area contributed by atoms with Gasteiger partial charge in [0.1, 0.15) is 11.2 Å². The first-order valence-corrected chi connectivity index (χ1v) is 31.4. The Morgan fingerprint density at radius 1 is 0.191 bits per heavy atom. The number of hydrogen-bond acceptors (Lipinski definition) is 8. The first-order valence-electron chi connectivity index (χ1n) is 31.4. The molecule has 10 nitrogen and oxygen atoms in total. The first kappa shape index (κ1) is 53.0. The summed E-state index contributed by atoms with van der Waals surface area (Å²) in [6, 6.07) is 105. The van der Waals surface area contributed by atoms with Crippen LogP contribution in [0.25, 0.3) is 189 Å². The first-order chi connectivity index (χ1) is 46.6. The SMILES string of the molecule is c1ccc(-c2ccc3c4ccccc4n(-c4cccc5c4oc4cc(-c6nc(-c7ccccc7)nc(-c7cccc(-c8cccc(-c9nc(-c%10ccccc%10)nc(-c%10ccc%11c(c%10)oc%10c(-n%12c%13ccccc%13c%13ccccc%13%12)cccc%10%11)n9)c8)c7)n6)ccc45)c3c2)cc1. The number of nitrogens with zero attached hydrogens (tertiary/aromatic N) is 8. The topological polar surface area (TPSA) is 113 Å². The Labute approximate surface area is 537 Å². The normalized spacial score (nSPS) is 11.8. The van der Waals surface area contributed by atoms with Gasteiger partial charge in [-0.05, 0) is 95.1 Å². The number of fused-ring (bicyclic) bond motifs is 12. The van der Waals surface area contributed by atoms with E-state index in [1.165, 1.54) is 21.5 Å². The molecule has 94 heavy (non-hydrogen) atoms. The largest absolute Gasteiger partial charge is 0.454 e. The Hall–Kier alpha value is -12.9. The molecule has 0 bridgehead atoms. The molecule has 0 saturated heterocycles. The van der Waals surface area contributed by atoms with Gasteiger partial charge in [0, 0.05) is 76.5 Å². The van der Waals surface area contributed by atoms with Crippen LogP contribution in [-0.4, -0.2) is 39.0 Å². The Kier molecular flexibility index (Phi) is 12.0. The number of rotatable bonds is 10. The van der Waals surface area contributed by atoms with E-state index in [-0.39, 0.29) is 0 Å². The van der Waals surface area contributed by atoms with Crippen molar-refractivity contribution in [2.75, 3.05) is 0 Å². The molecule has 6 heterocycles. The third kappa shape index (κ3) is 8.72. The lowest BCUT2D eigenvalue weighted by atomic mass is 10.0. The smallest absolute Gasteiger partial charge is 0.164 e. The van der Waals surface area contributed by atoms with Crippen LogP contribution in [0.5, 0.6) is 0 Å². The van der Waals surface area contributed by atoms with Crippen LogP contribution in [0, 0.1) is 0 Å². The van der Waals surface area contributed by atoms with Gasteiger partial charge in [-0.1, -0.05) is 231 Å². The van der Waals surface area contributed by atoms with E-state index in [0.717, 1.165) is 133 Å². The van der Waals surface area contributed by atoms with Gasteiger partial charge in [0.05, 0.1) is 33.4 Å². The van der Waals surface area contributed by atoms with Crippen LogP contribution in [0.4, 0.5) is 0 Å². The Morgan fingerprint density at radius 3 is 0.936 bits per heavy atom. The van der Waals surface area contributed by atoms with Crippen molar-refractivity contribution in [3.8, 4) is 102 Å². The molecule has 438 valence electrons. The second kappa shape index (κ2) is 21.4. The van der Waals surface area contributed by atoms with Crippen molar-refractivity contribution in [1.82, 2.24) is 39.0 Å². The second-order valence-corrected chi connectivity index (χ2v) is 23.8. The number of aromatic nitrogens is 8. The molecule has 0 spiro atoms. The molecule has 13 aromatic carbocycles. The van der Waals surface area contributed by atoms with Crippen molar-refractivity contribution >= 4 is 87.5 Å². The fraction of sp³-hybridized carbons (Fsp3) is 0. The molecule has 0 amide bonds. The maximum atomic E-state index is 7.03. The van der Waals surface area contributed by atoms with Gasteiger partial charge >= 0.3 is 0 Å². The minimum Gasteiger partial charge on any atom is -0.454 e. The van der Waals surface area contributed by atoms with Crippen molar-refractivity contribution in [3.05, 3.63) is 303 Å². The molecule has 0 fully saturated rings. The van der Waals surface area contributed by atoms with E-state index >= 15 is 0 Å². The molecule has 0 aliphatic rings. The molecular formula is C84H50N8O2. The maximum Gasteiger partial charge on any atom is 0.164 e. The van der Waals surface area contributed by atoms with E-state index in [1.54, 1.807) is 0 Å². The van der Waals surface area contributed by atoms with Gasteiger partial charge < -0.3 is 18.0 Å². The summed E-state index contributed by atoms with van der Waals surface area (Å²) >= 11 is 0. The minimum atomic E-state index is 0.526. The van der Waals surface area contributed by atoms with E-state index in [2.05, 4.69) is 252 Å². The molecule has 0 saturated carbocycles. The molecule has 0 atom stereocenters. The zero-order valence-corrected chi connectivity index (χ0v) is 50.3. The third-order valence-corrected chi connectivity index (χ3v) is 18.2. The summed E-state index contributed by atoms with van der Waals surface area (Å²) in [5, 5.41) is 8.80. The quantitative estimate of drug-likeness (QED) is 0.133. The second-order valence-electron chi connectivity index (χ2n) is 23.8. The van der Waals surface area contributed by atoms with Crippen LogP contribution in [0.1, 0.15) is 0 Å². The molecule has 0 unspecified atom stereocenters. The molecule has 0 aliphatic heterocycles. The average molecular weight is 1200 g/mol. The van der Waals surface area contributed by atoms with Gasteiger partial charge in [0.2, 0.25) is 0 Å². The van der Waals surface area contributed by atoms with Gasteiger partial charge in [0.25, 0.3) is 0 Å². The number of hydrogen-bond donors (Lipinski definition) is 0. The number of para-hydroxylation sites is 5. The molecule has 6 aromatic heterocycles. The lowest BCUT2D eigenvalue weighted by Crippen LogP contribution is -2.00. The van der Waals surface area contributed by atoms with Gasteiger partial charge in [-0.25, -0.2) is 29.9 Å². The highest BCUT2D eigenvalue weighted by Gasteiger charge is 2.23. The van der Waals surface area contributed by atoms with Crippen LogP contribution < -0.4 is 0 Å². The van der Waals surface area contributed by atoms with Crippen molar-refractivity contribution < 1.29 is 8.83 Å². The summed E-state index contributed by atoms with van der Waals surface area (Å²) in [5.41, 5.74) is 18.7. The van der Waals surface area contributed by atoms with Crippen LogP contribution in [0.2, 0.25) is 0 Å². The summed E-state index contributed by atoms with van der Waals surface area (Å²) in [6.07, 6.45) is 0. The Balaban J connectivity index is 0.688. The highest BCUT2D eigenvalue weighted by molar-refractivity contribution is 6.15. The summed E-state index contributed by atoms with van der Waals surface area (Å²) in [4.78, 5) is 31.1. The van der Waals surface area contributed by atoms with Crippen molar-refractivity contribution in [2.45, 2.75) is 0 Å². The summed E-state index contributed by atoms with van der Waals surface area (Å²) in [7, 11) is 0. The van der Waals surface area contributed by atoms with E-state index in [4.69, 9.17) is 38.7 Å². The zero-order valence-electron chi connectivity index (χ0n) is 50.3. The maximum absolute atomic E-state index is 7.03. The summed E-state index contributed by atoms with van der Waals surface area (Å²) in [6.45, 7) is 0. The molecule has 19 aromatic rings. The van der Waals surface area contributed by atoms with Gasteiger partial charge in [-0.2, -0.15) is 0 Å². The minimum absolute atomic E-state index is 0.526. The predicted octanol–water partition coefficient (Wildman–Crippen LogP) is 21.4. The third-order valence-electron chi connectivity index (χ3n) is 18.2. The molecule has 19 rings (SSSR count). The van der Waals surface area contributed by atoms with Crippen LogP contribution in [-0.2, 0) is 0 Å². The van der Waals surface area contributed by atoms with Crippen molar-refractivity contribution in [2.24, 2.45) is 0 Å². The highest BCUT2D eigenvalue weighted by atomic mass is 16.3. The number of furan rings is 2. The van der Waals surface area contributed by atoms with E-state index < -0.39 is 0 Å². The monoisotopic (exact) mass is 1200 g/mol. The predicted molar refractivity (Wildman–Crippen MR) is 380 cm³/mol. The van der Waals surface area contributed by atoms with Crippen LogP contribution in [0.3, 0.4) is 0 Å². The van der Waals surface area contributed by atoms with Crippen molar-refractivity contribution in [3.63, 3.8) is 0 Å².